The lowest BCUT2D eigenvalue weighted by Gasteiger charge is -2.13. The number of non-ortho nitro benzene ring substituents is 1. The predicted molar refractivity (Wildman–Crippen MR) is 138 cm³/mol. The number of carbonyl (C=O) groups is 2. The number of hydrogen-bond donors (Lipinski definition) is 2. The SMILES string of the molecule is O=C(CSc1cn(CCNC(=O)c2ccc([N+](=O)[O-])cc2)c2ccccc12)Nc1ccccc1C(F)(F)F. The fourth-order valence-electron chi connectivity index (χ4n) is 3.81. The second-order valence-corrected chi connectivity index (χ2v) is 9.16. The molecule has 0 aliphatic heterocycles. The summed E-state index contributed by atoms with van der Waals surface area (Å²) >= 11 is 1.20. The summed E-state index contributed by atoms with van der Waals surface area (Å²) in [7, 11) is 0. The van der Waals surface area contributed by atoms with Gasteiger partial charge in [-0.3, -0.25) is 19.7 Å². The number of halogens is 3. The van der Waals surface area contributed by atoms with Crippen LogP contribution in [-0.2, 0) is 17.5 Å². The van der Waals surface area contributed by atoms with Gasteiger partial charge < -0.3 is 15.2 Å². The molecule has 12 heteroatoms. The number of benzene rings is 3. The quantitative estimate of drug-likeness (QED) is 0.160. The second kappa shape index (κ2) is 11.4. The number of carbonyl (C=O) groups excluding carboxylic acids is 2. The van der Waals surface area contributed by atoms with Crippen molar-refractivity contribution in [1.82, 2.24) is 9.88 Å². The van der Waals surface area contributed by atoms with E-state index in [2.05, 4.69) is 10.6 Å². The van der Waals surface area contributed by atoms with Gasteiger partial charge in [-0.2, -0.15) is 13.2 Å². The largest absolute Gasteiger partial charge is 0.418 e. The van der Waals surface area contributed by atoms with E-state index >= 15 is 0 Å². The number of hydrogen-bond acceptors (Lipinski definition) is 5. The normalized spacial score (nSPS) is 11.3. The average molecular weight is 543 g/mol. The van der Waals surface area contributed by atoms with Crippen LogP contribution < -0.4 is 10.6 Å². The van der Waals surface area contributed by atoms with Crippen molar-refractivity contribution in [1.29, 1.82) is 0 Å². The third-order valence-corrected chi connectivity index (χ3v) is 6.64. The molecule has 2 N–H and O–H groups in total. The van der Waals surface area contributed by atoms with Gasteiger partial charge in [0.05, 0.1) is 21.9 Å². The van der Waals surface area contributed by atoms with E-state index in [1.807, 2.05) is 35.0 Å². The van der Waals surface area contributed by atoms with Gasteiger partial charge in [-0.1, -0.05) is 30.3 Å². The zero-order valence-electron chi connectivity index (χ0n) is 19.7. The van der Waals surface area contributed by atoms with E-state index in [1.165, 1.54) is 54.2 Å². The fraction of sp³-hybridized carbons (Fsp3) is 0.154. The number of alkyl halides is 3. The molecule has 0 aliphatic rings. The van der Waals surface area contributed by atoms with E-state index in [1.54, 1.807) is 0 Å². The van der Waals surface area contributed by atoms with Crippen LogP contribution in [0.3, 0.4) is 0 Å². The Morgan fingerprint density at radius 3 is 2.37 bits per heavy atom. The molecule has 196 valence electrons. The Bertz CT molecular complexity index is 1490. The van der Waals surface area contributed by atoms with Crippen LogP contribution in [0.2, 0.25) is 0 Å². The Balaban J connectivity index is 1.39. The van der Waals surface area contributed by atoms with Crippen LogP contribution in [0, 0.1) is 10.1 Å². The van der Waals surface area contributed by atoms with Crippen molar-refractivity contribution >= 4 is 45.9 Å². The highest BCUT2D eigenvalue weighted by molar-refractivity contribution is 8.00. The van der Waals surface area contributed by atoms with Gasteiger partial charge in [0.15, 0.2) is 0 Å². The number of rotatable bonds is 9. The van der Waals surface area contributed by atoms with Crippen LogP contribution in [0.25, 0.3) is 10.9 Å². The standard InChI is InChI=1S/C26H21F3N4O4S/c27-26(28,29)20-6-2-3-7-21(20)31-24(34)16-38-23-15-32(22-8-4-1-5-19(22)23)14-13-30-25(35)17-9-11-18(12-10-17)33(36)37/h1-12,15H,13-14,16H2,(H,30,35)(H,31,34). The molecule has 0 fully saturated rings. The maximum atomic E-state index is 13.2. The van der Waals surface area contributed by atoms with Gasteiger partial charge in [-0.25, -0.2) is 0 Å². The lowest BCUT2D eigenvalue weighted by molar-refractivity contribution is -0.384. The molecule has 0 bridgehead atoms. The van der Waals surface area contributed by atoms with Crippen molar-refractivity contribution in [2.24, 2.45) is 0 Å². The molecular weight excluding hydrogens is 521 g/mol. The van der Waals surface area contributed by atoms with Gasteiger partial charge in [0.1, 0.15) is 0 Å². The molecule has 4 rings (SSSR count). The molecular formula is C26H21F3N4O4S. The number of nitro benzene ring substituents is 1. The monoisotopic (exact) mass is 542 g/mol. The highest BCUT2D eigenvalue weighted by atomic mass is 32.2. The van der Waals surface area contributed by atoms with E-state index in [4.69, 9.17) is 0 Å². The number of aromatic nitrogens is 1. The lowest BCUT2D eigenvalue weighted by Crippen LogP contribution is -2.27. The molecule has 0 saturated carbocycles. The third kappa shape index (κ3) is 6.32. The Labute approximate surface area is 219 Å². The van der Waals surface area contributed by atoms with E-state index in [-0.39, 0.29) is 29.6 Å². The number of amides is 2. The third-order valence-electron chi connectivity index (χ3n) is 5.60. The molecule has 0 radical (unpaired) electrons. The van der Waals surface area contributed by atoms with E-state index in [9.17, 15) is 32.9 Å². The summed E-state index contributed by atoms with van der Waals surface area (Å²) in [5.41, 5.74) is -0.157. The van der Waals surface area contributed by atoms with E-state index < -0.39 is 22.6 Å². The molecule has 1 aromatic heterocycles. The molecule has 0 saturated heterocycles. The van der Waals surface area contributed by atoms with E-state index in [0.717, 1.165) is 21.9 Å². The topological polar surface area (TPSA) is 106 Å². The minimum Gasteiger partial charge on any atom is -0.350 e. The van der Waals surface area contributed by atoms with Crippen LogP contribution in [0.15, 0.2) is 83.9 Å². The summed E-state index contributed by atoms with van der Waals surface area (Å²) in [4.78, 5) is 35.8. The number of nitrogens with one attached hydrogen (secondary N) is 2. The second-order valence-electron chi connectivity index (χ2n) is 8.14. The van der Waals surface area contributed by atoms with Crippen molar-refractivity contribution in [3.8, 4) is 0 Å². The number of fused-ring (bicyclic) bond motifs is 1. The molecule has 2 amide bonds. The summed E-state index contributed by atoms with van der Waals surface area (Å²) in [6.45, 7) is 0.679. The number of nitrogens with zero attached hydrogens (tertiary/aromatic N) is 2. The Hall–Kier alpha value is -4.32. The maximum Gasteiger partial charge on any atom is 0.418 e. The van der Waals surface area contributed by atoms with Gasteiger partial charge in [0.2, 0.25) is 5.91 Å². The summed E-state index contributed by atoms with van der Waals surface area (Å²) < 4.78 is 41.5. The first-order valence-corrected chi connectivity index (χ1v) is 12.3. The van der Waals surface area contributed by atoms with Crippen LogP contribution in [0.4, 0.5) is 24.5 Å². The molecule has 0 atom stereocenters. The van der Waals surface area contributed by atoms with Crippen molar-refractivity contribution in [3.63, 3.8) is 0 Å². The zero-order valence-corrected chi connectivity index (χ0v) is 20.5. The fourth-order valence-corrected chi connectivity index (χ4v) is 4.70. The molecule has 4 aromatic rings. The van der Waals surface area contributed by atoms with Crippen LogP contribution >= 0.6 is 11.8 Å². The zero-order chi connectivity index (χ0) is 27.3. The molecule has 3 aromatic carbocycles. The molecule has 38 heavy (non-hydrogen) atoms. The Kier molecular flexibility index (Phi) is 8.01. The van der Waals surface area contributed by atoms with Gasteiger partial charge >= 0.3 is 6.18 Å². The Morgan fingerprint density at radius 1 is 0.974 bits per heavy atom. The summed E-state index contributed by atoms with van der Waals surface area (Å²) in [5, 5.41) is 16.8. The highest BCUT2D eigenvalue weighted by Crippen LogP contribution is 2.35. The molecule has 0 unspecified atom stereocenters. The molecule has 0 aliphatic carbocycles. The molecule has 1 heterocycles. The number of anilines is 1. The summed E-state index contributed by atoms with van der Waals surface area (Å²) in [5.74, 6) is -1.04. The van der Waals surface area contributed by atoms with Crippen molar-refractivity contribution in [2.45, 2.75) is 17.6 Å². The molecule has 0 spiro atoms. The minimum atomic E-state index is -4.58. The van der Waals surface area contributed by atoms with Gasteiger partial charge in [-0.05, 0) is 30.3 Å². The van der Waals surface area contributed by atoms with Gasteiger partial charge in [-0.15, -0.1) is 11.8 Å². The summed E-state index contributed by atoms with van der Waals surface area (Å²) in [6.07, 6.45) is -2.76. The smallest absolute Gasteiger partial charge is 0.350 e. The number of para-hydroxylation sites is 2. The first-order chi connectivity index (χ1) is 18.1. The number of nitro groups is 1. The molecule has 8 nitrogen and oxygen atoms in total. The van der Waals surface area contributed by atoms with Gasteiger partial charge in [0, 0.05) is 52.8 Å². The van der Waals surface area contributed by atoms with Crippen LogP contribution in [0.5, 0.6) is 0 Å². The van der Waals surface area contributed by atoms with Crippen molar-refractivity contribution in [3.05, 3.63) is 100 Å². The highest BCUT2D eigenvalue weighted by Gasteiger charge is 2.33. The number of thioether (sulfide) groups is 1. The minimum absolute atomic E-state index is 0.100. The first kappa shape index (κ1) is 26.7. The first-order valence-electron chi connectivity index (χ1n) is 11.3. The Morgan fingerprint density at radius 2 is 1.66 bits per heavy atom. The van der Waals surface area contributed by atoms with Crippen molar-refractivity contribution < 1.29 is 27.7 Å². The van der Waals surface area contributed by atoms with E-state index in [0.29, 0.717) is 12.1 Å². The van der Waals surface area contributed by atoms with Gasteiger partial charge in [0.25, 0.3) is 11.6 Å². The lowest BCUT2D eigenvalue weighted by atomic mass is 10.1. The average Bonchev–Trinajstić information content (AvgIpc) is 3.25. The summed E-state index contributed by atoms with van der Waals surface area (Å²) in [6, 6.07) is 17.5. The maximum absolute atomic E-state index is 13.2. The van der Waals surface area contributed by atoms with Crippen molar-refractivity contribution in [2.75, 3.05) is 17.6 Å². The van der Waals surface area contributed by atoms with Crippen LogP contribution in [-0.4, -0.2) is 33.6 Å². The van der Waals surface area contributed by atoms with Crippen LogP contribution in [0.1, 0.15) is 15.9 Å². The predicted octanol–water partition coefficient (Wildman–Crippen LogP) is 5.73.